The summed E-state index contributed by atoms with van der Waals surface area (Å²) in [5.74, 6) is 0.386. The van der Waals surface area contributed by atoms with E-state index < -0.39 is 0 Å². The van der Waals surface area contributed by atoms with Crippen LogP contribution in [0.5, 0.6) is 5.75 Å². The standard InChI is InChI=1S/C19H23N3O2S/c1-13-17(23)15-6-3-2-5-14(15)16-18(13)25-19(21-16)20-7-4-8-22-9-11-24-12-10-22/h2-3,5-6,23H,4,7-12H2,1H3,(H,20,21)/p+1. The summed E-state index contributed by atoms with van der Waals surface area (Å²) in [6.07, 6.45) is 1.10. The van der Waals surface area contributed by atoms with E-state index >= 15 is 0 Å². The molecule has 0 bridgehead atoms. The number of rotatable bonds is 5. The lowest BCUT2D eigenvalue weighted by Crippen LogP contribution is -2.37. The molecule has 0 aliphatic carbocycles. The Labute approximate surface area is 151 Å². The fraction of sp³-hybridized carbons (Fsp3) is 0.421. The number of aromatic amines is 1. The van der Waals surface area contributed by atoms with Crippen molar-refractivity contribution in [1.82, 2.24) is 4.90 Å². The number of nitrogens with zero attached hydrogens (tertiary/aromatic N) is 1. The van der Waals surface area contributed by atoms with Gasteiger partial charge in [-0.3, -0.25) is 10.2 Å². The number of aromatic hydroxyl groups is 1. The van der Waals surface area contributed by atoms with Crippen molar-refractivity contribution in [1.29, 1.82) is 0 Å². The van der Waals surface area contributed by atoms with Crippen LogP contribution in [-0.4, -0.2) is 49.4 Å². The number of aryl methyl sites for hydroxylation is 1. The molecule has 25 heavy (non-hydrogen) atoms. The first-order valence-electron chi connectivity index (χ1n) is 8.84. The molecule has 5 nitrogen and oxygen atoms in total. The fourth-order valence-corrected chi connectivity index (χ4v) is 4.47. The first-order chi connectivity index (χ1) is 12.2. The van der Waals surface area contributed by atoms with E-state index in [1.165, 1.54) is 0 Å². The Morgan fingerprint density at radius 1 is 1.24 bits per heavy atom. The minimum Gasteiger partial charge on any atom is -0.507 e. The van der Waals surface area contributed by atoms with Crippen molar-refractivity contribution < 1.29 is 14.8 Å². The first kappa shape index (κ1) is 16.6. The normalized spacial score (nSPS) is 15.9. The number of phenols is 1. The number of hydrogen-bond acceptors (Lipinski definition) is 5. The number of anilines is 1. The van der Waals surface area contributed by atoms with Gasteiger partial charge in [0.1, 0.15) is 5.75 Å². The predicted octanol–water partition coefficient (Wildman–Crippen LogP) is 3.02. The summed E-state index contributed by atoms with van der Waals surface area (Å²) in [7, 11) is 0. The highest BCUT2D eigenvalue weighted by atomic mass is 32.1. The highest BCUT2D eigenvalue weighted by Gasteiger charge is 2.18. The number of H-pyrrole nitrogens is 1. The maximum atomic E-state index is 10.5. The van der Waals surface area contributed by atoms with Gasteiger partial charge < -0.3 is 9.84 Å². The van der Waals surface area contributed by atoms with Crippen LogP contribution in [0.1, 0.15) is 12.0 Å². The van der Waals surface area contributed by atoms with E-state index in [0.29, 0.717) is 5.75 Å². The SMILES string of the molecule is Cc1c(O)c2ccccc2c2[nH+]c(NCCCN3CCOCC3)sc12. The first-order valence-corrected chi connectivity index (χ1v) is 9.66. The van der Waals surface area contributed by atoms with Gasteiger partial charge in [-0.25, -0.2) is 4.98 Å². The molecule has 2 heterocycles. The number of benzene rings is 2. The number of fused-ring (bicyclic) bond motifs is 3. The smallest absolute Gasteiger partial charge is 0.332 e. The van der Waals surface area contributed by atoms with E-state index in [1.54, 1.807) is 11.3 Å². The van der Waals surface area contributed by atoms with Crippen LogP contribution < -0.4 is 10.3 Å². The quantitative estimate of drug-likeness (QED) is 0.689. The zero-order valence-corrected chi connectivity index (χ0v) is 15.3. The Kier molecular flexibility index (Phi) is 4.74. The van der Waals surface area contributed by atoms with E-state index in [1.807, 2.05) is 25.1 Å². The maximum Gasteiger partial charge on any atom is 0.332 e. The highest BCUT2D eigenvalue weighted by Crippen LogP contribution is 2.38. The summed E-state index contributed by atoms with van der Waals surface area (Å²) in [5.41, 5.74) is 2.04. The third kappa shape index (κ3) is 3.29. The van der Waals surface area contributed by atoms with Crippen LogP contribution >= 0.6 is 11.3 Å². The zero-order chi connectivity index (χ0) is 17.2. The fourth-order valence-electron chi connectivity index (χ4n) is 3.43. The van der Waals surface area contributed by atoms with Gasteiger partial charge in [-0.1, -0.05) is 18.2 Å². The maximum absolute atomic E-state index is 10.5. The molecular formula is C19H24N3O2S+. The van der Waals surface area contributed by atoms with Crippen molar-refractivity contribution >= 4 is 37.5 Å². The summed E-state index contributed by atoms with van der Waals surface area (Å²) in [6.45, 7) is 7.81. The minimum atomic E-state index is 0.386. The molecular weight excluding hydrogens is 334 g/mol. The summed E-state index contributed by atoms with van der Waals surface area (Å²) in [4.78, 5) is 5.96. The van der Waals surface area contributed by atoms with Gasteiger partial charge >= 0.3 is 5.13 Å². The predicted molar refractivity (Wildman–Crippen MR) is 103 cm³/mol. The van der Waals surface area contributed by atoms with E-state index in [9.17, 15) is 5.11 Å². The number of thiazole rings is 1. The van der Waals surface area contributed by atoms with Gasteiger partial charge in [-0.2, -0.15) is 0 Å². The summed E-state index contributed by atoms with van der Waals surface area (Å²) in [6, 6.07) is 8.00. The van der Waals surface area contributed by atoms with Crippen molar-refractivity contribution in [3.8, 4) is 5.75 Å². The third-order valence-corrected chi connectivity index (χ3v) is 6.02. The molecule has 0 radical (unpaired) electrons. The monoisotopic (exact) mass is 358 g/mol. The Morgan fingerprint density at radius 2 is 2.00 bits per heavy atom. The molecule has 6 heteroatoms. The number of phenolic OH excluding ortho intramolecular Hbond substituents is 1. The average Bonchev–Trinajstić information content (AvgIpc) is 3.09. The largest absolute Gasteiger partial charge is 0.507 e. The van der Waals surface area contributed by atoms with Gasteiger partial charge in [0.2, 0.25) is 0 Å². The van der Waals surface area contributed by atoms with Crippen LogP contribution in [0, 0.1) is 6.92 Å². The summed E-state index contributed by atoms with van der Waals surface area (Å²) < 4.78 is 6.50. The molecule has 3 aromatic rings. The highest BCUT2D eigenvalue weighted by molar-refractivity contribution is 7.22. The topological polar surface area (TPSA) is 58.9 Å². The van der Waals surface area contributed by atoms with Crippen molar-refractivity contribution in [2.75, 3.05) is 44.7 Å². The Balaban J connectivity index is 1.49. The second kappa shape index (κ2) is 7.15. The van der Waals surface area contributed by atoms with E-state index in [-0.39, 0.29) is 0 Å². The van der Waals surface area contributed by atoms with E-state index in [0.717, 1.165) is 77.5 Å². The van der Waals surface area contributed by atoms with Crippen LogP contribution in [0.4, 0.5) is 5.13 Å². The van der Waals surface area contributed by atoms with E-state index in [4.69, 9.17) is 4.74 Å². The number of aromatic nitrogens is 1. The van der Waals surface area contributed by atoms with Crippen molar-refractivity contribution in [3.05, 3.63) is 29.8 Å². The lowest BCUT2D eigenvalue weighted by atomic mass is 10.0. The van der Waals surface area contributed by atoms with Crippen LogP contribution in [0.25, 0.3) is 21.0 Å². The van der Waals surface area contributed by atoms with Gasteiger partial charge in [0, 0.05) is 36.0 Å². The third-order valence-electron chi connectivity index (χ3n) is 4.86. The molecule has 0 unspecified atom stereocenters. The van der Waals surface area contributed by atoms with E-state index in [2.05, 4.69) is 21.3 Å². The molecule has 0 spiro atoms. The molecule has 1 aliphatic rings. The number of hydrogen-bond donors (Lipinski definition) is 2. The number of ether oxygens (including phenoxy) is 1. The second-order valence-corrected chi connectivity index (χ2v) is 7.53. The zero-order valence-electron chi connectivity index (χ0n) is 14.5. The molecule has 1 saturated heterocycles. The average molecular weight is 358 g/mol. The molecule has 1 aromatic heterocycles. The van der Waals surface area contributed by atoms with Gasteiger partial charge in [-0.15, -0.1) is 0 Å². The summed E-state index contributed by atoms with van der Waals surface area (Å²) >= 11 is 1.68. The van der Waals surface area contributed by atoms with Crippen molar-refractivity contribution in [2.24, 2.45) is 0 Å². The van der Waals surface area contributed by atoms with Crippen molar-refractivity contribution in [3.63, 3.8) is 0 Å². The minimum absolute atomic E-state index is 0.386. The van der Waals surface area contributed by atoms with Crippen LogP contribution in [0.15, 0.2) is 24.3 Å². The molecule has 2 aromatic carbocycles. The molecule has 3 N–H and O–H groups in total. The second-order valence-electron chi connectivity index (χ2n) is 6.51. The molecule has 4 rings (SSSR count). The molecule has 0 atom stereocenters. The molecule has 132 valence electrons. The number of morpholine rings is 1. The Morgan fingerprint density at radius 3 is 2.80 bits per heavy atom. The summed E-state index contributed by atoms with van der Waals surface area (Å²) in [5, 5.41) is 17.0. The molecule has 1 fully saturated rings. The molecule has 0 amide bonds. The lowest BCUT2D eigenvalue weighted by molar-refractivity contribution is -0.320. The molecule has 0 saturated carbocycles. The van der Waals surface area contributed by atoms with Gasteiger partial charge in [0.05, 0.1) is 24.5 Å². The van der Waals surface area contributed by atoms with Crippen LogP contribution in [0.3, 0.4) is 0 Å². The lowest BCUT2D eigenvalue weighted by Gasteiger charge is -2.26. The van der Waals surface area contributed by atoms with Gasteiger partial charge in [-0.05, 0) is 30.7 Å². The van der Waals surface area contributed by atoms with Crippen molar-refractivity contribution in [2.45, 2.75) is 13.3 Å². The van der Waals surface area contributed by atoms with Gasteiger partial charge in [0.25, 0.3) is 0 Å². The van der Waals surface area contributed by atoms with Crippen LogP contribution in [0.2, 0.25) is 0 Å². The van der Waals surface area contributed by atoms with Gasteiger partial charge in [0.15, 0.2) is 5.52 Å². The Bertz CT molecular complexity index is 887. The molecule has 1 aliphatic heterocycles. The van der Waals surface area contributed by atoms with Crippen LogP contribution in [-0.2, 0) is 4.74 Å². The Hall–Kier alpha value is -1.89. The number of nitrogens with one attached hydrogen (secondary N) is 2.